The summed E-state index contributed by atoms with van der Waals surface area (Å²) in [5, 5.41) is 20.8. The molecule has 0 aromatic carbocycles. The average molecular weight is 545 g/mol. The van der Waals surface area contributed by atoms with Crippen LogP contribution in [0.1, 0.15) is 5.01 Å². The van der Waals surface area contributed by atoms with E-state index in [0.29, 0.717) is 23.9 Å². The lowest BCUT2D eigenvalue weighted by molar-refractivity contribution is -0.193. The molecule has 2 saturated heterocycles. The van der Waals surface area contributed by atoms with Crippen LogP contribution in [0.3, 0.4) is 0 Å². The van der Waals surface area contributed by atoms with Crippen LogP contribution in [0.25, 0.3) is 0 Å². The van der Waals surface area contributed by atoms with Crippen LogP contribution < -0.4 is 5.32 Å². The maximum absolute atomic E-state index is 10.6. The summed E-state index contributed by atoms with van der Waals surface area (Å²) in [5.74, 6) is -3.70. The van der Waals surface area contributed by atoms with E-state index in [9.17, 15) is 26.3 Å². The van der Waals surface area contributed by atoms with Gasteiger partial charge in [-0.15, -0.1) is 11.3 Å². The van der Waals surface area contributed by atoms with Crippen molar-refractivity contribution in [2.24, 2.45) is 11.8 Å². The van der Waals surface area contributed by atoms with Crippen molar-refractivity contribution in [2.75, 3.05) is 31.6 Å². The SMILES string of the molecule is O=C(O)C(F)(F)F.O=C(O)C(F)(F)F.c1cnc(NC[C@H]2CO[C@@H]3CN(Cc4nccs4)C[C@H]23)nc1. The molecule has 36 heavy (non-hydrogen) atoms. The minimum atomic E-state index is -5.08. The van der Waals surface area contributed by atoms with Crippen molar-refractivity contribution in [2.45, 2.75) is 25.0 Å². The van der Waals surface area contributed by atoms with Gasteiger partial charge in [0.1, 0.15) is 5.01 Å². The van der Waals surface area contributed by atoms with E-state index in [-0.39, 0.29) is 0 Å². The largest absolute Gasteiger partial charge is 0.490 e. The quantitative estimate of drug-likeness (QED) is 0.481. The summed E-state index contributed by atoms with van der Waals surface area (Å²) in [6.07, 6.45) is -4.41. The Bertz CT molecular complexity index is 940. The minimum Gasteiger partial charge on any atom is -0.475 e. The first-order valence-electron chi connectivity index (χ1n) is 10.1. The zero-order chi connectivity index (χ0) is 26.9. The lowest BCUT2D eigenvalue weighted by Crippen LogP contribution is -2.27. The minimum absolute atomic E-state index is 0.364. The second kappa shape index (κ2) is 12.8. The van der Waals surface area contributed by atoms with Crippen LogP contribution in [0.4, 0.5) is 32.3 Å². The van der Waals surface area contributed by atoms with Gasteiger partial charge >= 0.3 is 24.3 Å². The molecule has 0 spiro atoms. The Morgan fingerprint density at radius 1 is 1.03 bits per heavy atom. The molecule has 10 nitrogen and oxygen atoms in total. The summed E-state index contributed by atoms with van der Waals surface area (Å²) in [4.78, 5) is 33.0. The molecule has 3 atom stereocenters. The molecule has 4 rings (SSSR count). The molecular weight excluding hydrogens is 524 g/mol. The third kappa shape index (κ3) is 9.54. The Morgan fingerprint density at radius 3 is 2.11 bits per heavy atom. The van der Waals surface area contributed by atoms with Gasteiger partial charge in [-0.2, -0.15) is 26.3 Å². The third-order valence-electron chi connectivity index (χ3n) is 4.93. The van der Waals surface area contributed by atoms with Gasteiger partial charge in [-0.25, -0.2) is 24.5 Å². The number of ether oxygens (including phenoxy) is 1. The molecule has 2 aliphatic heterocycles. The number of nitrogens with zero attached hydrogens (tertiary/aromatic N) is 4. The highest BCUT2D eigenvalue weighted by Crippen LogP contribution is 2.34. The lowest BCUT2D eigenvalue weighted by atomic mass is 9.93. The molecular formula is C19H21F6N5O5S. The molecule has 4 heterocycles. The average Bonchev–Trinajstić information content (AvgIpc) is 3.51. The molecule has 2 aromatic rings. The number of carboxylic acids is 2. The van der Waals surface area contributed by atoms with Gasteiger partial charge in [0.05, 0.1) is 19.3 Å². The van der Waals surface area contributed by atoms with Gasteiger partial charge in [0.15, 0.2) is 0 Å². The van der Waals surface area contributed by atoms with Crippen molar-refractivity contribution in [1.82, 2.24) is 19.9 Å². The summed E-state index contributed by atoms with van der Waals surface area (Å²) in [5.41, 5.74) is 0. The summed E-state index contributed by atoms with van der Waals surface area (Å²) < 4.78 is 69.5. The van der Waals surface area contributed by atoms with Crippen LogP contribution in [0.15, 0.2) is 30.0 Å². The summed E-state index contributed by atoms with van der Waals surface area (Å²) in [6.45, 7) is 4.75. The summed E-state index contributed by atoms with van der Waals surface area (Å²) in [6, 6.07) is 1.83. The molecule has 0 amide bonds. The van der Waals surface area contributed by atoms with Crippen molar-refractivity contribution in [3.05, 3.63) is 35.0 Å². The molecule has 0 unspecified atom stereocenters. The second-order valence-electron chi connectivity index (χ2n) is 7.47. The highest BCUT2D eigenvalue weighted by Gasteiger charge is 2.43. The van der Waals surface area contributed by atoms with E-state index in [2.05, 4.69) is 25.2 Å². The van der Waals surface area contributed by atoms with Gasteiger partial charge in [-0.3, -0.25) is 4.90 Å². The van der Waals surface area contributed by atoms with E-state index in [0.717, 1.165) is 32.8 Å². The number of thiazole rings is 1. The van der Waals surface area contributed by atoms with Crippen LogP contribution >= 0.6 is 11.3 Å². The van der Waals surface area contributed by atoms with E-state index in [1.807, 2.05) is 17.6 Å². The highest BCUT2D eigenvalue weighted by atomic mass is 32.1. The smallest absolute Gasteiger partial charge is 0.475 e. The maximum Gasteiger partial charge on any atom is 0.490 e. The number of fused-ring (bicyclic) bond motifs is 1. The first kappa shape index (κ1) is 29.2. The Morgan fingerprint density at radius 2 is 1.61 bits per heavy atom. The van der Waals surface area contributed by atoms with Crippen LogP contribution in [0.2, 0.25) is 0 Å². The number of carboxylic acid groups (broad SMARTS) is 2. The predicted molar refractivity (Wildman–Crippen MR) is 112 cm³/mol. The summed E-state index contributed by atoms with van der Waals surface area (Å²) >= 11 is 1.72. The number of likely N-dealkylation sites (tertiary alicyclic amines) is 1. The highest BCUT2D eigenvalue weighted by molar-refractivity contribution is 7.09. The van der Waals surface area contributed by atoms with Gasteiger partial charge in [0, 0.05) is 55.4 Å². The predicted octanol–water partition coefficient (Wildman–Crippen LogP) is 2.76. The van der Waals surface area contributed by atoms with Crippen molar-refractivity contribution in [3.63, 3.8) is 0 Å². The van der Waals surface area contributed by atoms with Crippen LogP contribution in [-0.2, 0) is 20.9 Å². The molecule has 2 aromatic heterocycles. The Labute approximate surface area is 203 Å². The number of rotatable bonds is 5. The summed E-state index contributed by atoms with van der Waals surface area (Å²) in [7, 11) is 0. The molecule has 2 aliphatic rings. The number of aliphatic carboxylic acids is 2. The zero-order valence-corrected chi connectivity index (χ0v) is 19.1. The van der Waals surface area contributed by atoms with Crippen molar-refractivity contribution >= 4 is 29.2 Å². The van der Waals surface area contributed by atoms with Gasteiger partial charge in [0.25, 0.3) is 0 Å². The van der Waals surface area contributed by atoms with Gasteiger partial charge < -0.3 is 20.3 Å². The Balaban J connectivity index is 0.000000271. The van der Waals surface area contributed by atoms with Gasteiger partial charge in [0.2, 0.25) is 5.95 Å². The molecule has 0 saturated carbocycles. The fraction of sp³-hybridized carbons (Fsp3) is 0.526. The molecule has 0 radical (unpaired) electrons. The van der Waals surface area contributed by atoms with E-state index >= 15 is 0 Å². The first-order chi connectivity index (χ1) is 16.8. The Hall–Kier alpha value is -3.05. The van der Waals surface area contributed by atoms with Gasteiger partial charge in [-0.1, -0.05) is 0 Å². The number of carbonyl (C=O) groups is 2. The molecule has 0 aliphatic carbocycles. The molecule has 2 fully saturated rings. The van der Waals surface area contributed by atoms with E-state index in [4.69, 9.17) is 24.5 Å². The van der Waals surface area contributed by atoms with Crippen LogP contribution in [-0.4, -0.2) is 86.7 Å². The van der Waals surface area contributed by atoms with E-state index in [1.165, 1.54) is 5.01 Å². The number of hydrogen-bond donors (Lipinski definition) is 3. The fourth-order valence-electron chi connectivity index (χ4n) is 3.35. The number of halogens is 6. The Kier molecular flexibility index (Phi) is 10.4. The van der Waals surface area contributed by atoms with Crippen molar-refractivity contribution < 1.29 is 50.9 Å². The number of alkyl halides is 6. The monoisotopic (exact) mass is 545 g/mol. The van der Waals surface area contributed by atoms with Crippen molar-refractivity contribution in [3.8, 4) is 0 Å². The number of hydrogen-bond acceptors (Lipinski definition) is 9. The lowest BCUT2D eigenvalue weighted by Gasteiger charge is -2.19. The second-order valence-corrected chi connectivity index (χ2v) is 8.45. The van der Waals surface area contributed by atoms with E-state index < -0.39 is 24.3 Å². The normalized spacial score (nSPS) is 21.4. The number of anilines is 1. The fourth-order valence-corrected chi connectivity index (χ4v) is 4.01. The zero-order valence-electron chi connectivity index (χ0n) is 18.2. The van der Waals surface area contributed by atoms with Crippen LogP contribution in [0, 0.1) is 11.8 Å². The third-order valence-corrected chi connectivity index (χ3v) is 5.69. The van der Waals surface area contributed by atoms with Gasteiger partial charge in [-0.05, 0) is 6.07 Å². The number of aromatic nitrogens is 3. The standard InChI is InChI=1S/C15H19N5OS.2C2HF3O2/c1-2-17-15(18-3-1)19-6-11-10-21-13-8-20(7-12(11)13)9-14-16-4-5-22-14;2*3-2(4,5)1(6)7/h1-5,11-13H,6-10H2,(H,17,18,19);2*(H,6,7)/t11-,12+,13+;;/m0../s1. The molecule has 200 valence electrons. The van der Waals surface area contributed by atoms with Crippen molar-refractivity contribution in [1.29, 1.82) is 0 Å². The topological polar surface area (TPSA) is 138 Å². The van der Waals surface area contributed by atoms with E-state index in [1.54, 1.807) is 23.7 Å². The molecule has 17 heteroatoms. The molecule has 0 bridgehead atoms. The first-order valence-corrected chi connectivity index (χ1v) is 11.0. The number of nitrogens with one attached hydrogen (secondary N) is 1. The maximum atomic E-state index is 10.6. The molecule has 3 N–H and O–H groups in total. The van der Waals surface area contributed by atoms with Crippen LogP contribution in [0.5, 0.6) is 0 Å².